The molecule has 120 valence electrons. The van der Waals surface area contributed by atoms with E-state index in [9.17, 15) is 4.79 Å². The number of nitrogens with zero attached hydrogens (tertiary/aromatic N) is 2. The Labute approximate surface area is 136 Å². The van der Waals surface area contributed by atoms with Crippen LogP contribution in [0.1, 0.15) is 10.4 Å². The van der Waals surface area contributed by atoms with Crippen molar-refractivity contribution < 1.29 is 4.79 Å². The summed E-state index contributed by atoms with van der Waals surface area (Å²) in [5.74, 6) is 0.0655. The van der Waals surface area contributed by atoms with E-state index in [0.29, 0.717) is 11.3 Å². The SMILES string of the molecule is CN1CCN(C(=O)c2ccccc2Nc2ccccc2N)CC1. The maximum absolute atomic E-state index is 12.8. The average Bonchev–Trinajstić information content (AvgIpc) is 2.57. The lowest BCUT2D eigenvalue weighted by Crippen LogP contribution is -2.47. The summed E-state index contributed by atoms with van der Waals surface area (Å²) in [6.07, 6.45) is 0. The van der Waals surface area contributed by atoms with Crippen molar-refractivity contribution in [3.8, 4) is 0 Å². The molecular weight excluding hydrogens is 288 g/mol. The van der Waals surface area contributed by atoms with E-state index >= 15 is 0 Å². The summed E-state index contributed by atoms with van der Waals surface area (Å²) in [6.45, 7) is 3.34. The van der Waals surface area contributed by atoms with E-state index in [1.807, 2.05) is 53.4 Å². The van der Waals surface area contributed by atoms with Gasteiger partial charge in [0.15, 0.2) is 0 Å². The zero-order valence-corrected chi connectivity index (χ0v) is 13.3. The lowest BCUT2D eigenvalue weighted by molar-refractivity contribution is 0.0665. The number of nitrogens with one attached hydrogen (secondary N) is 1. The van der Waals surface area contributed by atoms with Gasteiger partial charge < -0.3 is 20.9 Å². The fourth-order valence-corrected chi connectivity index (χ4v) is 2.71. The first-order valence-corrected chi connectivity index (χ1v) is 7.83. The topological polar surface area (TPSA) is 61.6 Å². The molecule has 0 unspecified atom stereocenters. The van der Waals surface area contributed by atoms with E-state index in [-0.39, 0.29) is 5.91 Å². The largest absolute Gasteiger partial charge is 0.397 e. The smallest absolute Gasteiger partial charge is 0.256 e. The van der Waals surface area contributed by atoms with Gasteiger partial charge in [-0.05, 0) is 31.3 Å². The third-order valence-corrected chi connectivity index (χ3v) is 4.18. The lowest BCUT2D eigenvalue weighted by Gasteiger charge is -2.32. The molecule has 1 aliphatic heterocycles. The number of para-hydroxylation sites is 3. The second kappa shape index (κ2) is 6.71. The van der Waals surface area contributed by atoms with Crippen LogP contribution in [0.25, 0.3) is 0 Å². The molecule has 3 N–H and O–H groups in total. The number of hydrogen-bond donors (Lipinski definition) is 2. The molecule has 0 bridgehead atoms. The molecule has 1 heterocycles. The second-order valence-corrected chi connectivity index (χ2v) is 5.85. The van der Waals surface area contributed by atoms with E-state index in [1.54, 1.807) is 0 Å². The minimum absolute atomic E-state index is 0.0655. The van der Waals surface area contributed by atoms with Gasteiger partial charge in [-0.15, -0.1) is 0 Å². The van der Waals surface area contributed by atoms with Crippen LogP contribution in [0.2, 0.25) is 0 Å². The predicted octanol–water partition coefficient (Wildman–Crippen LogP) is 2.40. The van der Waals surface area contributed by atoms with Gasteiger partial charge in [-0.1, -0.05) is 24.3 Å². The summed E-state index contributed by atoms with van der Waals surface area (Å²) in [6, 6.07) is 15.1. The summed E-state index contributed by atoms with van der Waals surface area (Å²) >= 11 is 0. The predicted molar refractivity (Wildman–Crippen MR) is 94.0 cm³/mol. The number of hydrogen-bond acceptors (Lipinski definition) is 4. The number of benzene rings is 2. The van der Waals surface area contributed by atoms with E-state index in [4.69, 9.17) is 5.73 Å². The first kappa shape index (κ1) is 15.4. The highest BCUT2D eigenvalue weighted by molar-refractivity contribution is 6.00. The molecule has 3 rings (SSSR count). The van der Waals surface area contributed by atoms with Crippen molar-refractivity contribution in [1.29, 1.82) is 0 Å². The Hall–Kier alpha value is -2.53. The van der Waals surface area contributed by atoms with E-state index < -0.39 is 0 Å². The Morgan fingerprint density at radius 3 is 2.26 bits per heavy atom. The molecule has 5 heteroatoms. The molecule has 0 aromatic heterocycles. The minimum atomic E-state index is 0.0655. The molecule has 0 radical (unpaired) electrons. The highest BCUT2D eigenvalue weighted by Gasteiger charge is 2.22. The Bertz CT molecular complexity index is 693. The Balaban J connectivity index is 1.83. The van der Waals surface area contributed by atoms with Crippen LogP contribution < -0.4 is 11.1 Å². The summed E-state index contributed by atoms with van der Waals surface area (Å²) in [5, 5.41) is 3.29. The number of piperazine rings is 1. The van der Waals surface area contributed by atoms with Crippen LogP contribution in [-0.4, -0.2) is 48.9 Å². The van der Waals surface area contributed by atoms with E-state index in [1.165, 1.54) is 0 Å². The molecule has 0 atom stereocenters. The van der Waals surface area contributed by atoms with Gasteiger partial charge in [-0.3, -0.25) is 4.79 Å². The first-order valence-electron chi connectivity index (χ1n) is 7.83. The quantitative estimate of drug-likeness (QED) is 0.855. The maximum atomic E-state index is 12.8. The normalized spacial score (nSPS) is 15.4. The van der Waals surface area contributed by atoms with Gasteiger partial charge in [-0.2, -0.15) is 0 Å². The van der Waals surface area contributed by atoms with Crippen molar-refractivity contribution in [2.45, 2.75) is 0 Å². The van der Waals surface area contributed by atoms with Gasteiger partial charge in [0.2, 0.25) is 0 Å². The molecule has 1 aliphatic rings. The standard InChI is InChI=1S/C18H22N4O/c1-21-10-12-22(13-11-21)18(23)14-6-2-4-8-16(14)20-17-9-5-3-7-15(17)19/h2-9,20H,10-13,19H2,1H3. The summed E-state index contributed by atoms with van der Waals surface area (Å²) in [4.78, 5) is 17.0. The van der Waals surface area contributed by atoms with Crippen molar-refractivity contribution in [1.82, 2.24) is 9.80 Å². The number of carbonyl (C=O) groups is 1. The van der Waals surface area contributed by atoms with Crippen LogP contribution in [0, 0.1) is 0 Å². The summed E-state index contributed by atoms with van der Waals surface area (Å²) in [7, 11) is 2.08. The number of carbonyl (C=O) groups excluding carboxylic acids is 1. The third-order valence-electron chi connectivity index (χ3n) is 4.18. The van der Waals surface area contributed by atoms with Gasteiger partial charge in [-0.25, -0.2) is 0 Å². The molecule has 1 amide bonds. The van der Waals surface area contributed by atoms with Crippen LogP contribution in [-0.2, 0) is 0 Å². The lowest BCUT2D eigenvalue weighted by atomic mass is 10.1. The van der Waals surface area contributed by atoms with Crippen molar-refractivity contribution in [2.75, 3.05) is 44.3 Å². The Morgan fingerprint density at radius 1 is 0.957 bits per heavy atom. The molecule has 1 saturated heterocycles. The van der Waals surface area contributed by atoms with Crippen LogP contribution in [0.3, 0.4) is 0 Å². The number of nitrogens with two attached hydrogens (primary N) is 1. The molecule has 1 fully saturated rings. The van der Waals surface area contributed by atoms with Gasteiger partial charge >= 0.3 is 0 Å². The van der Waals surface area contributed by atoms with Crippen molar-refractivity contribution >= 4 is 23.0 Å². The van der Waals surface area contributed by atoms with Crippen molar-refractivity contribution in [3.05, 3.63) is 54.1 Å². The van der Waals surface area contributed by atoms with Crippen LogP contribution >= 0.6 is 0 Å². The first-order chi connectivity index (χ1) is 11.1. The Kier molecular flexibility index (Phi) is 4.48. The molecule has 5 nitrogen and oxygen atoms in total. The van der Waals surface area contributed by atoms with Crippen molar-refractivity contribution in [3.63, 3.8) is 0 Å². The Morgan fingerprint density at radius 2 is 1.57 bits per heavy atom. The van der Waals surface area contributed by atoms with Crippen LogP contribution in [0.4, 0.5) is 17.1 Å². The van der Waals surface area contributed by atoms with Gasteiger partial charge in [0.05, 0.1) is 22.6 Å². The molecular formula is C18H22N4O. The fraction of sp³-hybridized carbons (Fsp3) is 0.278. The monoisotopic (exact) mass is 310 g/mol. The maximum Gasteiger partial charge on any atom is 0.256 e. The van der Waals surface area contributed by atoms with E-state index in [0.717, 1.165) is 37.6 Å². The van der Waals surface area contributed by atoms with Crippen molar-refractivity contribution in [2.24, 2.45) is 0 Å². The number of rotatable bonds is 3. The van der Waals surface area contributed by atoms with Crippen LogP contribution in [0.5, 0.6) is 0 Å². The number of amides is 1. The van der Waals surface area contributed by atoms with Gasteiger partial charge in [0.25, 0.3) is 5.91 Å². The molecule has 0 saturated carbocycles. The summed E-state index contributed by atoms with van der Waals surface area (Å²) < 4.78 is 0. The molecule has 23 heavy (non-hydrogen) atoms. The fourth-order valence-electron chi connectivity index (χ4n) is 2.71. The molecule has 0 spiro atoms. The molecule has 2 aromatic carbocycles. The zero-order valence-electron chi connectivity index (χ0n) is 13.3. The highest BCUT2D eigenvalue weighted by atomic mass is 16.2. The number of nitrogen functional groups attached to an aromatic ring is 1. The van der Waals surface area contributed by atoms with E-state index in [2.05, 4.69) is 17.3 Å². The van der Waals surface area contributed by atoms with Gasteiger partial charge in [0, 0.05) is 26.2 Å². The minimum Gasteiger partial charge on any atom is -0.397 e. The zero-order chi connectivity index (χ0) is 16.2. The molecule has 0 aliphatic carbocycles. The summed E-state index contributed by atoms with van der Waals surface area (Å²) in [5.41, 5.74) is 8.93. The molecule has 2 aromatic rings. The number of anilines is 3. The van der Waals surface area contributed by atoms with Crippen LogP contribution in [0.15, 0.2) is 48.5 Å². The average molecular weight is 310 g/mol. The third kappa shape index (κ3) is 3.46. The highest BCUT2D eigenvalue weighted by Crippen LogP contribution is 2.26. The second-order valence-electron chi connectivity index (χ2n) is 5.85. The van der Waals surface area contributed by atoms with Gasteiger partial charge in [0.1, 0.15) is 0 Å². The number of likely N-dealkylation sites (N-methyl/N-ethyl adjacent to an activating group) is 1.